The fourth-order valence-corrected chi connectivity index (χ4v) is 1.12. The van der Waals surface area contributed by atoms with E-state index in [-0.39, 0.29) is 5.78 Å². The van der Waals surface area contributed by atoms with Crippen LogP contribution >= 0.6 is 0 Å². The van der Waals surface area contributed by atoms with Crippen molar-refractivity contribution in [2.45, 2.75) is 6.92 Å². The molecule has 0 aliphatic heterocycles. The lowest BCUT2D eigenvalue weighted by Gasteiger charge is -2.02. The zero-order chi connectivity index (χ0) is 10.6. The summed E-state index contributed by atoms with van der Waals surface area (Å²) in [7, 11) is 0. The highest BCUT2D eigenvalue weighted by atomic mass is 16.1. The summed E-state index contributed by atoms with van der Waals surface area (Å²) in [6.45, 7) is 1.46. The largest absolute Gasteiger partial charge is 0.398 e. The second-order valence-corrected chi connectivity index (χ2v) is 2.87. The topological polar surface area (TPSA) is 66.9 Å². The van der Waals surface area contributed by atoms with Gasteiger partial charge in [-0.3, -0.25) is 4.79 Å². The number of hydrogen-bond acceptors (Lipinski definition) is 3. The molecule has 0 heterocycles. The molecule has 0 aliphatic carbocycles. The van der Waals surface area contributed by atoms with Crippen LogP contribution in [0.3, 0.4) is 0 Å². The minimum absolute atomic E-state index is 0.0743. The van der Waals surface area contributed by atoms with Gasteiger partial charge in [0.25, 0.3) is 0 Å². The molecule has 0 aliphatic rings. The second-order valence-electron chi connectivity index (χ2n) is 2.87. The first kappa shape index (κ1) is 10.0. The molecule has 0 bridgehead atoms. The molecule has 1 rings (SSSR count). The lowest BCUT2D eigenvalue weighted by Crippen LogP contribution is -1.99. The fourth-order valence-electron chi connectivity index (χ4n) is 1.12. The van der Waals surface area contributed by atoms with Gasteiger partial charge in [-0.1, -0.05) is 6.07 Å². The molecule has 1 aromatic rings. The molecule has 0 fully saturated rings. The second kappa shape index (κ2) is 4.24. The number of allylic oxidation sites excluding steroid dienone is 1. The van der Waals surface area contributed by atoms with Gasteiger partial charge in [-0.05, 0) is 30.7 Å². The van der Waals surface area contributed by atoms with Crippen molar-refractivity contribution in [1.82, 2.24) is 0 Å². The van der Waals surface area contributed by atoms with E-state index >= 15 is 0 Å². The summed E-state index contributed by atoms with van der Waals surface area (Å²) in [6, 6.07) is 6.97. The van der Waals surface area contributed by atoms with Crippen LogP contribution in [-0.2, 0) is 0 Å². The lowest BCUT2D eigenvalue weighted by atomic mass is 10.1. The van der Waals surface area contributed by atoms with Crippen LogP contribution in [0, 0.1) is 11.3 Å². The van der Waals surface area contributed by atoms with Crippen molar-refractivity contribution in [1.29, 1.82) is 5.26 Å². The number of rotatable bonds is 2. The molecule has 0 aromatic heterocycles. The number of nitrogens with zero attached hydrogens (tertiary/aromatic N) is 1. The fraction of sp³-hybridized carbons (Fsp3) is 0.0909. The number of carbonyl (C=O) groups excluding carboxylic acids is 1. The smallest absolute Gasteiger partial charge is 0.161 e. The number of anilines is 1. The van der Waals surface area contributed by atoms with Crippen molar-refractivity contribution in [2.75, 3.05) is 5.73 Å². The van der Waals surface area contributed by atoms with E-state index in [2.05, 4.69) is 0 Å². The van der Waals surface area contributed by atoms with Crippen LogP contribution in [0.25, 0.3) is 6.08 Å². The zero-order valence-corrected chi connectivity index (χ0v) is 7.82. The van der Waals surface area contributed by atoms with Crippen LogP contribution in [-0.4, -0.2) is 5.78 Å². The van der Waals surface area contributed by atoms with Crippen molar-refractivity contribution >= 4 is 17.5 Å². The predicted molar refractivity (Wildman–Crippen MR) is 55.5 cm³/mol. The number of ketones is 1. The van der Waals surface area contributed by atoms with Gasteiger partial charge in [0.1, 0.15) is 0 Å². The molecule has 70 valence electrons. The van der Waals surface area contributed by atoms with E-state index in [1.54, 1.807) is 24.3 Å². The van der Waals surface area contributed by atoms with Gasteiger partial charge in [0.2, 0.25) is 0 Å². The number of hydrogen-bond donors (Lipinski definition) is 1. The Bertz CT molecular complexity index is 427. The molecule has 0 atom stereocenters. The highest BCUT2D eigenvalue weighted by Gasteiger charge is 2.03. The summed E-state index contributed by atoms with van der Waals surface area (Å²) < 4.78 is 0. The van der Waals surface area contributed by atoms with E-state index in [1.807, 2.05) is 6.07 Å². The van der Waals surface area contributed by atoms with E-state index in [0.717, 1.165) is 5.56 Å². The first-order valence-corrected chi connectivity index (χ1v) is 4.12. The molecule has 0 radical (unpaired) electrons. The number of nitrogens with two attached hydrogens (primary N) is 1. The molecule has 14 heavy (non-hydrogen) atoms. The van der Waals surface area contributed by atoms with Gasteiger partial charge in [0.05, 0.1) is 6.07 Å². The average molecular weight is 186 g/mol. The Morgan fingerprint density at radius 2 is 2.29 bits per heavy atom. The minimum Gasteiger partial charge on any atom is -0.398 e. The van der Waals surface area contributed by atoms with Crippen molar-refractivity contribution in [3.8, 4) is 6.07 Å². The van der Waals surface area contributed by atoms with Crippen LogP contribution in [0.4, 0.5) is 5.69 Å². The molecule has 0 unspecified atom stereocenters. The summed E-state index contributed by atoms with van der Waals surface area (Å²) in [5.74, 6) is -0.0743. The number of nitriles is 1. The SMILES string of the molecule is CC(=O)c1cc(C=CC#N)ccc1N. The van der Waals surface area contributed by atoms with Gasteiger partial charge < -0.3 is 5.73 Å². The molecule has 3 nitrogen and oxygen atoms in total. The normalized spacial score (nSPS) is 10.0. The Morgan fingerprint density at radius 1 is 1.57 bits per heavy atom. The van der Waals surface area contributed by atoms with Crippen molar-refractivity contribution in [2.24, 2.45) is 0 Å². The van der Waals surface area contributed by atoms with Gasteiger partial charge in [-0.25, -0.2) is 0 Å². The molecule has 2 N–H and O–H groups in total. The van der Waals surface area contributed by atoms with Gasteiger partial charge in [-0.2, -0.15) is 5.26 Å². The van der Waals surface area contributed by atoms with Crippen LogP contribution in [0.2, 0.25) is 0 Å². The van der Waals surface area contributed by atoms with Gasteiger partial charge in [0.15, 0.2) is 5.78 Å². The summed E-state index contributed by atoms with van der Waals surface area (Å²) in [4.78, 5) is 11.1. The highest BCUT2D eigenvalue weighted by molar-refractivity contribution is 5.99. The maximum atomic E-state index is 11.1. The summed E-state index contributed by atoms with van der Waals surface area (Å²) in [6.07, 6.45) is 2.99. The maximum absolute atomic E-state index is 11.1. The Hall–Kier alpha value is -2.08. The van der Waals surface area contributed by atoms with Crippen molar-refractivity contribution < 1.29 is 4.79 Å². The predicted octanol–water partition coefficient (Wildman–Crippen LogP) is 2.01. The van der Waals surface area contributed by atoms with Crippen LogP contribution in [0.15, 0.2) is 24.3 Å². The summed E-state index contributed by atoms with van der Waals surface area (Å²) in [5, 5.41) is 8.33. The van der Waals surface area contributed by atoms with Gasteiger partial charge in [-0.15, -0.1) is 0 Å². The third kappa shape index (κ3) is 2.20. The zero-order valence-electron chi connectivity index (χ0n) is 7.82. The van der Waals surface area contributed by atoms with Crippen LogP contribution in [0.5, 0.6) is 0 Å². The van der Waals surface area contributed by atoms with Crippen LogP contribution < -0.4 is 5.73 Å². The first-order chi connectivity index (χ1) is 6.65. The van der Waals surface area contributed by atoms with Crippen molar-refractivity contribution in [3.63, 3.8) is 0 Å². The van der Waals surface area contributed by atoms with Gasteiger partial charge in [0, 0.05) is 17.3 Å². The maximum Gasteiger partial charge on any atom is 0.161 e. The molecular formula is C11H10N2O. The van der Waals surface area contributed by atoms with Crippen molar-refractivity contribution in [3.05, 3.63) is 35.4 Å². The number of carbonyl (C=O) groups is 1. The highest BCUT2D eigenvalue weighted by Crippen LogP contribution is 2.15. The first-order valence-electron chi connectivity index (χ1n) is 4.12. The molecule has 1 aromatic carbocycles. The monoisotopic (exact) mass is 186 g/mol. The molecule has 0 saturated carbocycles. The quantitative estimate of drug-likeness (QED) is 0.436. The Balaban J connectivity index is 3.14. The summed E-state index contributed by atoms with van der Waals surface area (Å²) in [5.41, 5.74) is 7.36. The van der Waals surface area contributed by atoms with Crippen LogP contribution in [0.1, 0.15) is 22.8 Å². The Morgan fingerprint density at radius 3 is 2.86 bits per heavy atom. The third-order valence-corrected chi connectivity index (χ3v) is 1.81. The molecule has 3 heteroatoms. The number of Topliss-reactive ketones (excluding diaryl/α,β-unsaturated/α-hetero) is 1. The standard InChI is InChI=1S/C11H10N2O/c1-8(14)10-7-9(3-2-6-12)4-5-11(10)13/h2-5,7H,13H2,1H3. The Labute approximate surface area is 82.5 Å². The van der Waals surface area contributed by atoms with Gasteiger partial charge >= 0.3 is 0 Å². The number of benzene rings is 1. The van der Waals surface area contributed by atoms with E-state index in [4.69, 9.17) is 11.0 Å². The summed E-state index contributed by atoms with van der Waals surface area (Å²) >= 11 is 0. The molecular weight excluding hydrogens is 176 g/mol. The van der Waals surface area contributed by atoms with E-state index in [9.17, 15) is 4.79 Å². The molecule has 0 saturated heterocycles. The third-order valence-electron chi connectivity index (χ3n) is 1.81. The average Bonchev–Trinajstić information content (AvgIpc) is 2.16. The molecule has 0 amide bonds. The van der Waals surface area contributed by atoms with E-state index in [1.165, 1.54) is 13.0 Å². The van der Waals surface area contributed by atoms with E-state index < -0.39 is 0 Å². The Kier molecular flexibility index (Phi) is 3.03. The molecule has 0 spiro atoms. The lowest BCUT2D eigenvalue weighted by molar-refractivity contribution is 0.101. The number of nitrogen functional groups attached to an aromatic ring is 1. The van der Waals surface area contributed by atoms with E-state index in [0.29, 0.717) is 11.3 Å². The minimum atomic E-state index is -0.0743.